The van der Waals surface area contributed by atoms with Gasteiger partial charge in [0.25, 0.3) is 5.95 Å². The first kappa shape index (κ1) is 16.6. The van der Waals surface area contributed by atoms with Gasteiger partial charge >= 0.3 is 6.18 Å². The molecular formula is C15H13F3N6O. The van der Waals surface area contributed by atoms with E-state index in [1.807, 2.05) is 0 Å². The Balaban J connectivity index is 1.74. The van der Waals surface area contributed by atoms with Crippen molar-refractivity contribution in [2.45, 2.75) is 13.1 Å². The van der Waals surface area contributed by atoms with Crippen LogP contribution in [0.2, 0.25) is 0 Å². The van der Waals surface area contributed by atoms with Crippen molar-refractivity contribution in [3.8, 4) is 11.3 Å². The number of rotatable bonds is 4. The fraction of sp³-hybridized carbons (Fsp3) is 0.133. The van der Waals surface area contributed by atoms with Crippen molar-refractivity contribution in [3.63, 3.8) is 0 Å². The molecule has 1 aromatic carbocycles. The van der Waals surface area contributed by atoms with Crippen molar-refractivity contribution < 1.29 is 17.6 Å². The number of hydrogen-bond donors (Lipinski definition) is 2. The van der Waals surface area contributed by atoms with Crippen LogP contribution in [0, 0.1) is 6.92 Å². The molecule has 0 aliphatic heterocycles. The Morgan fingerprint density at radius 1 is 1.24 bits per heavy atom. The molecule has 3 N–H and O–H groups in total. The van der Waals surface area contributed by atoms with Crippen molar-refractivity contribution in [1.29, 1.82) is 0 Å². The summed E-state index contributed by atoms with van der Waals surface area (Å²) in [6, 6.07) is 8.03. The van der Waals surface area contributed by atoms with E-state index < -0.39 is 11.7 Å². The van der Waals surface area contributed by atoms with E-state index in [-0.39, 0.29) is 5.95 Å². The summed E-state index contributed by atoms with van der Waals surface area (Å²) in [6.07, 6.45) is -3.06. The zero-order valence-electron chi connectivity index (χ0n) is 12.9. The molecule has 0 amide bonds. The first-order valence-corrected chi connectivity index (χ1v) is 7.08. The number of benzene rings is 1. The minimum Gasteiger partial charge on any atom is -0.455 e. The zero-order valence-corrected chi connectivity index (χ0v) is 12.9. The largest absolute Gasteiger partial charge is 0.455 e. The number of hydrazone groups is 1. The summed E-state index contributed by atoms with van der Waals surface area (Å²) >= 11 is 0. The number of nitrogens with zero attached hydrogens (tertiary/aromatic N) is 4. The van der Waals surface area contributed by atoms with E-state index in [2.05, 4.69) is 20.7 Å². The molecule has 0 saturated carbocycles. The summed E-state index contributed by atoms with van der Waals surface area (Å²) in [5, 5.41) is 11.4. The third kappa shape index (κ3) is 3.62. The van der Waals surface area contributed by atoms with E-state index in [0.29, 0.717) is 22.9 Å². The molecule has 0 fully saturated rings. The molecule has 7 nitrogen and oxygen atoms in total. The molecular weight excluding hydrogens is 337 g/mol. The summed E-state index contributed by atoms with van der Waals surface area (Å²) in [5.74, 6) is 7.03. The fourth-order valence-electron chi connectivity index (χ4n) is 2.03. The first-order chi connectivity index (χ1) is 11.8. The normalized spacial score (nSPS) is 12.0. The molecule has 2 heterocycles. The van der Waals surface area contributed by atoms with Gasteiger partial charge in [0.2, 0.25) is 0 Å². The number of anilines is 1. The van der Waals surface area contributed by atoms with Gasteiger partial charge in [-0.25, -0.2) is 10.1 Å². The molecule has 0 saturated heterocycles. The molecule has 0 bridgehead atoms. The molecule has 3 aromatic rings. The second kappa shape index (κ2) is 6.30. The van der Waals surface area contributed by atoms with Crippen molar-refractivity contribution in [1.82, 2.24) is 14.9 Å². The van der Waals surface area contributed by atoms with Crippen molar-refractivity contribution >= 4 is 12.2 Å². The van der Waals surface area contributed by atoms with Crippen LogP contribution in [0.5, 0.6) is 0 Å². The van der Waals surface area contributed by atoms with Gasteiger partial charge in [-0.05, 0) is 31.2 Å². The standard InChI is InChI=1S/C15H13F3N6O/c1-9-21-23-14(24(9)19)22-20-8-12-5-6-13(25-12)10-3-2-4-11(7-10)15(16,17)18/h2-8H,19H2,1H3,(H,22,23)/b20-8-. The molecule has 0 unspecified atom stereocenters. The van der Waals surface area contributed by atoms with Gasteiger partial charge in [0.1, 0.15) is 11.5 Å². The molecule has 0 spiro atoms. The van der Waals surface area contributed by atoms with Crippen LogP contribution in [0.4, 0.5) is 19.1 Å². The molecule has 10 heteroatoms. The van der Waals surface area contributed by atoms with Gasteiger partial charge in [-0.2, -0.15) is 18.3 Å². The molecule has 2 aromatic heterocycles. The second-order valence-corrected chi connectivity index (χ2v) is 5.09. The quantitative estimate of drug-likeness (QED) is 0.428. The molecule has 0 aliphatic rings. The SMILES string of the molecule is Cc1nnc(N/N=C\c2ccc(-c3cccc(C(F)(F)F)c3)o2)n1N. The van der Waals surface area contributed by atoms with Crippen molar-refractivity contribution in [2.24, 2.45) is 5.10 Å². The summed E-state index contributed by atoms with van der Waals surface area (Å²) < 4.78 is 45.0. The van der Waals surface area contributed by atoms with Gasteiger partial charge < -0.3 is 10.3 Å². The minimum atomic E-state index is -4.41. The van der Waals surface area contributed by atoms with Crippen LogP contribution in [0.1, 0.15) is 17.1 Å². The lowest BCUT2D eigenvalue weighted by Gasteiger charge is -2.07. The molecule has 3 rings (SSSR count). The Hall–Kier alpha value is -3.30. The Labute approximate surface area is 139 Å². The van der Waals surface area contributed by atoms with E-state index in [1.165, 1.54) is 23.0 Å². The van der Waals surface area contributed by atoms with E-state index in [9.17, 15) is 13.2 Å². The fourth-order valence-corrected chi connectivity index (χ4v) is 2.03. The van der Waals surface area contributed by atoms with E-state index in [4.69, 9.17) is 10.3 Å². The van der Waals surface area contributed by atoms with E-state index in [0.717, 1.165) is 12.1 Å². The van der Waals surface area contributed by atoms with Crippen LogP contribution in [-0.4, -0.2) is 21.1 Å². The third-order valence-electron chi connectivity index (χ3n) is 3.32. The zero-order chi connectivity index (χ0) is 18.0. The molecule has 0 radical (unpaired) electrons. The Kier molecular flexibility index (Phi) is 4.17. The van der Waals surface area contributed by atoms with E-state index in [1.54, 1.807) is 19.1 Å². The second-order valence-electron chi connectivity index (χ2n) is 5.09. The molecule has 130 valence electrons. The van der Waals surface area contributed by atoms with Crippen LogP contribution < -0.4 is 11.3 Å². The number of furan rings is 1. The number of nitrogens with one attached hydrogen (secondary N) is 1. The predicted molar refractivity (Wildman–Crippen MR) is 85.3 cm³/mol. The lowest BCUT2D eigenvalue weighted by Crippen LogP contribution is -2.13. The highest BCUT2D eigenvalue weighted by Gasteiger charge is 2.30. The monoisotopic (exact) mass is 350 g/mol. The van der Waals surface area contributed by atoms with Crippen molar-refractivity contribution in [3.05, 3.63) is 53.5 Å². The highest BCUT2D eigenvalue weighted by atomic mass is 19.4. The number of alkyl halides is 3. The average molecular weight is 350 g/mol. The number of hydrogen-bond acceptors (Lipinski definition) is 6. The highest BCUT2D eigenvalue weighted by molar-refractivity contribution is 5.78. The van der Waals surface area contributed by atoms with Crippen LogP contribution >= 0.6 is 0 Å². The van der Waals surface area contributed by atoms with Crippen LogP contribution in [-0.2, 0) is 6.18 Å². The Morgan fingerprint density at radius 2 is 2.04 bits per heavy atom. The van der Waals surface area contributed by atoms with Gasteiger partial charge in [-0.3, -0.25) is 0 Å². The van der Waals surface area contributed by atoms with Crippen LogP contribution in [0.25, 0.3) is 11.3 Å². The van der Waals surface area contributed by atoms with Gasteiger partial charge in [-0.1, -0.05) is 12.1 Å². The van der Waals surface area contributed by atoms with Gasteiger partial charge in [-0.15, -0.1) is 10.2 Å². The first-order valence-electron chi connectivity index (χ1n) is 7.08. The summed E-state index contributed by atoms with van der Waals surface area (Å²) in [7, 11) is 0. The maximum absolute atomic E-state index is 12.8. The number of nitrogens with two attached hydrogens (primary N) is 1. The smallest absolute Gasteiger partial charge is 0.416 e. The topological polar surface area (TPSA) is 94.3 Å². The lowest BCUT2D eigenvalue weighted by atomic mass is 10.1. The number of halogens is 3. The molecule has 0 atom stereocenters. The Morgan fingerprint density at radius 3 is 2.72 bits per heavy atom. The number of nitrogen functional groups attached to an aromatic ring is 1. The minimum absolute atomic E-state index is 0.235. The lowest BCUT2D eigenvalue weighted by molar-refractivity contribution is -0.137. The Bertz CT molecular complexity index is 912. The molecule has 25 heavy (non-hydrogen) atoms. The van der Waals surface area contributed by atoms with Crippen LogP contribution in [0.15, 0.2) is 45.9 Å². The predicted octanol–water partition coefficient (Wildman–Crippen LogP) is 3.03. The number of aromatic nitrogens is 3. The molecule has 0 aliphatic carbocycles. The van der Waals surface area contributed by atoms with Gasteiger partial charge in [0.05, 0.1) is 11.8 Å². The van der Waals surface area contributed by atoms with Gasteiger partial charge in [0, 0.05) is 5.56 Å². The van der Waals surface area contributed by atoms with Crippen LogP contribution in [0.3, 0.4) is 0 Å². The summed E-state index contributed by atoms with van der Waals surface area (Å²) in [4.78, 5) is 0. The van der Waals surface area contributed by atoms with Crippen molar-refractivity contribution in [2.75, 3.05) is 11.3 Å². The maximum atomic E-state index is 12.8. The third-order valence-corrected chi connectivity index (χ3v) is 3.32. The maximum Gasteiger partial charge on any atom is 0.416 e. The summed E-state index contributed by atoms with van der Waals surface area (Å²) in [6.45, 7) is 1.68. The van der Waals surface area contributed by atoms with Gasteiger partial charge in [0.15, 0.2) is 5.82 Å². The highest BCUT2D eigenvalue weighted by Crippen LogP contribution is 2.32. The number of aryl methyl sites for hydroxylation is 1. The average Bonchev–Trinajstić information content (AvgIpc) is 3.16. The van der Waals surface area contributed by atoms with E-state index >= 15 is 0 Å². The summed E-state index contributed by atoms with van der Waals surface area (Å²) in [5.41, 5.74) is 2.16.